The van der Waals surface area contributed by atoms with E-state index in [9.17, 15) is 13.2 Å². The third-order valence-electron chi connectivity index (χ3n) is 4.95. The number of ether oxygens (including phenoxy) is 1. The fourth-order valence-electron chi connectivity index (χ4n) is 3.51. The number of sulfone groups is 1. The Bertz CT molecular complexity index is 1210. The first-order valence-corrected chi connectivity index (χ1v) is 10.9. The first kappa shape index (κ1) is 19.2. The Kier molecular flexibility index (Phi) is 4.66. The van der Waals surface area contributed by atoms with E-state index in [2.05, 4.69) is 10.4 Å². The minimum atomic E-state index is -3.25. The maximum atomic E-state index is 12.9. The van der Waals surface area contributed by atoms with Crippen LogP contribution in [0.1, 0.15) is 32.7 Å². The molecule has 7 nitrogen and oxygen atoms in total. The van der Waals surface area contributed by atoms with Crippen molar-refractivity contribution in [3.8, 4) is 11.4 Å². The minimum absolute atomic E-state index is 0.119. The fraction of sp³-hybridized carbons (Fsp3) is 0.238. The van der Waals surface area contributed by atoms with Crippen LogP contribution in [0, 0.1) is 13.8 Å². The zero-order valence-electron chi connectivity index (χ0n) is 16.4. The van der Waals surface area contributed by atoms with Crippen molar-refractivity contribution in [3.63, 3.8) is 0 Å². The lowest BCUT2D eigenvalue weighted by molar-refractivity contribution is 0.102. The normalized spacial score (nSPS) is 14.4. The van der Waals surface area contributed by atoms with Gasteiger partial charge in [-0.1, -0.05) is 17.7 Å². The first-order chi connectivity index (χ1) is 13.8. The number of rotatable bonds is 4. The second-order valence-corrected chi connectivity index (χ2v) is 9.25. The average Bonchev–Trinajstić information content (AvgIpc) is 3.14. The van der Waals surface area contributed by atoms with Gasteiger partial charge in [-0.05, 0) is 49.7 Å². The van der Waals surface area contributed by atoms with Crippen LogP contribution >= 0.6 is 0 Å². The van der Waals surface area contributed by atoms with Crippen LogP contribution in [0.5, 0.6) is 5.75 Å². The third kappa shape index (κ3) is 3.63. The number of carbonyl (C=O) groups is 1. The molecule has 0 bridgehead atoms. The molecule has 0 saturated heterocycles. The molecule has 0 fully saturated rings. The van der Waals surface area contributed by atoms with Crippen molar-refractivity contribution >= 4 is 21.6 Å². The van der Waals surface area contributed by atoms with E-state index in [1.807, 2.05) is 32.0 Å². The highest BCUT2D eigenvalue weighted by atomic mass is 32.2. The SMILES string of the molecule is COc1ccc(C(=O)Nc2c3c(nn2-c2ccc(C)cc2C)CS(=O)(=O)C3)cc1. The number of hydrogen-bond donors (Lipinski definition) is 1. The van der Waals surface area contributed by atoms with Gasteiger partial charge in [-0.15, -0.1) is 0 Å². The van der Waals surface area contributed by atoms with Crippen molar-refractivity contribution in [2.45, 2.75) is 25.4 Å². The molecule has 1 aromatic heterocycles. The molecule has 1 aliphatic heterocycles. The number of anilines is 1. The van der Waals surface area contributed by atoms with Crippen LogP contribution in [0.3, 0.4) is 0 Å². The maximum absolute atomic E-state index is 12.9. The molecule has 0 radical (unpaired) electrons. The molecule has 29 heavy (non-hydrogen) atoms. The van der Waals surface area contributed by atoms with Crippen molar-refractivity contribution in [3.05, 3.63) is 70.4 Å². The van der Waals surface area contributed by atoms with Crippen molar-refractivity contribution in [2.24, 2.45) is 0 Å². The lowest BCUT2D eigenvalue weighted by Gasteiger charge is -2.13. The molecule has 0 atom stereocenters. The molecular weight excluding hydrogens is 390 g/mol. The summed E-state index contributed by atoms with van der Waals surface area (Å²) in [6.45, 7) is 3.96. The summed E-state index contributed by atoms with van der Waals surface area (Å²) in [6, 6.07) is 12.6. The summed E-state index contributed by atoms with van der Waals surface area (Å²) < 4.78 is 31.0. The van der Waals surface area contributed by atoms with E-state index < -0.39 is 9.84 Å². The van der Waals surface area contributed by atoms with Gasteiger partial charge >= 0.3 is 0 Å². The van der Waals surface area contributed by atoms with Crippen molar-refractivity contribution in [1.29, 1.82) is 0 Å². The van der Waals surface area contributed by atoms with Gasteiger partial charge in [0.05, 0.1) is 30.0 Å². The number of benzene rings is 2. The zero-order valence-corrected chi connectivity index (χ0v) is 17.2. The molecule has 4 rings (SSSR count). The number of aromatic nitrogens is 2. The van der Waals surface area contributed by atoms with E-state index in [1.165, 1.54) is 0 Å². The Labute approximate surface area is 169 Å². The molecule has 3 aromatic rings. The number of aryl methyl sites for hydroxylation is 2. The molecule has 0 aliphatic carbocycles. The van der Waals surface area contributed by atoms with E-state index in [4.69, 9.17) is 4.74 Å². The van der Waals surface area contributed by atoms with Crippen LogP contribution in [-0.2, 0) is 21.3 Å². The molecule has 2 heterocycles. The summed E-state index contributed by atoms with van der Waals surface area (Å²) in [7, 11) is -1.70. The standard InChI is InChI=1S/C21H21N3O4S/c1-13-4-9-19(14(2)10-13)24-20(17-11-29(26,27)12-18(17)23-24)22-21(25)15-5-7-16(28-3)8-6-15/h4-10H,11-12H2,1-3H3,(H,22,25). The number of carbonyl (C=O) groups excluding carboxylic acids is 1. The maximum Gasteiger partial charge on any atom is 0.256 e. The van der Waals surface area contributed by atoms with Gasteiger partial charge in [-0.3, -0.25) is 4.79 Å². The molecule has 1 aliphatic rings. The predicted octanol–water partition coefficient (Wildman–Crippen LogP) is 3.18. The zero-order chi connectivity index (χ0) is 20.8. The molecule has 0 saturated carbocycles. The molecule has 1 amide bonds. The Balaban J connectivity index is 1.77. The van der Waals surface area contributed by atoms with E-state index in [1.54, 1.807) is 36.1 Å². The number of hydrogen-bond acceptors (Lipinski definition) is 5. The van der Waals surface area contributed by atoms with Crippen LogP contribution in [-0.4, -0.2) is 31.2 Å². The van der Waals surface area contributed by atoms with Crippen LogP contribution in [0.25, 0.3) is 5.69 Å². The molecule has 2 aromatic carbocycles. The second-order valence-electron chi connectivity index (χ2n) is 7.19. The summed E-state index contributed by atoms with van der Waals surface area (Å²) in [5.74, 6) is 0.449. The van der Waals surface area contributed by atoms with Crippen LogP contribution in [0.4, 0.5) is 5.82 Å². The quantitative estimate of drug-likeness (QED) is 0.712. The number of nitrogens with one attached hydrogen (secondary N) is 1. The summed E-state index contributed by atoms with van der Waals surface area (Å²) in [6.07, 6.45) is 0. The van der Waals surface area contributed by atoms with Gasteiger partial charge in [0, 0.05) is 11.1 Å². The van der Waals surface area contributed by atoms with Crippen LogP contribution in [0.2, 0.25) is 0 Å². The minimum Gasteiger partial charge on any atom is -0.497 e. The highest BCUT2D eigenvalue weighted by molar-refractivity contribution is 7.90. The van der Waals surface area contributed by atoms with Gasteiger partial charge in [-0.2, -0.15) is 5.10 Å². The van der Waals surface area contributed by atoms with E-state index in [-0.39, 0.29) is 17.4 Å². The van der Waals surface area contributed by atoms with Gasteiger partial charge in [0.2, 0.25) is 0 Å². The lowest BCUT2D eigenvalue weighted by atomic mass is 10.1. The second kappa shape index (κ2) is 7.04. The van der Waals surface area contributed by atoms with Crippen molar-refractivity contribution < 1.29 is 17.9 Å². The molecule has 150 valence electrons. The Morgan fingerprint density at radius 3 is 2.48 bits per heavy atom. The van der Waals surface area contributed by atoms with Crippen molar-refractivity contribution in [1.82, 2.24) is 9.78 Å². The topological polar surface area (TPSA) is 90.3 Å². The van der Waals surface area contributed by atoms with Gasteiger partial charge in [-0.25, -0.2) is 13.1 Å². The van der Waals surface area contributed by atoms with Gasteiger partial charge in [0.25, 0.3) is 5.91 Å². The van der Waals surface area contributed by atoms with E-state index in [0.717, 1.165) is 16.8 Å². The predicted molar refractivity (Wildman–Crippen MR) is 110 cm³/mol. The lowest BCUT2D eigenvalue weighted by Crippen LogP contribution is -2.17. The monoisotopic (exact) mass is 411 g/mol. The highest BCUT2D eigenvalue weighted by Gasteiger charge is 2.33. The summed E-state index contributed by atoms with van der Waals surface area (Å²) in [5.41, 5.74) is 4.36. The highest BCUT2D eigenvalue weighted by Crippen LogP contribution is 2.34. The Morgan fingerprint density at radius 1 is 1.10 bits per heavy atom. The van der Waals surface area contributed by atoms with Gasteiger partial charge in [0.15, 0.2) is 9.84 Å². The first-order valence-electron chi connectivity index (χ1n) is 9.11. The number of fused-ring (bicyclic) bond motifs is 1. The number of amides is 1. The number of methoxy groups -OCH3 is 1. The van der Waals surface area contributed by atoms with Crippen LogP contribution in [0.15, 0.2) is 42.5 Å². The van der Waals surface area contributed by atoms with Crippen molar-refractivity contribution in [2.75, 3.05) is 12.4 Å². The number of nitrogens with zero attached hydrogens (tertiary/aromatic N) is 2. The smallest absolute Gasteiger partial charge is 0.256 e. The molecular formula is C21H21N3O4S. The van der Waals surface area contributed by atoms with Crippen LogP contribution < -0.4 is 10.1 Å². The summed E-state index contributed by atoms with van der Waals surface area (Å²) in [5, 5.41) is 7.40. The van der Waals surface area contributed by atoms with E-state index in [0.29, 0.717) is 28.4 Å². The molecule has 0 unspecified atom stereocenters. The average molecular weight is 411 g/mol. The third-order valence-corrected chi connectivity index (χ3v) is 6.39. The fourth-order valence-corrected chi connectivity index (χ4v) is 5.00. The van der Waals surface area contributed by atoms with E-state index >= 15 is 0 Å². The summed E-state index contributed by atoms with van der Waals surface area (Å²) in [4.78, 5) is 12.9. The molecule has 0 spiro atoms. The summed E-state index contributed by atoms with van der Waals surface area (Å²) >= 11 is 0. The Morgan fingerprint density at radius 2 is 1.83 bits per heavy atom. The van der Waals surface area contributed by atoms with Gasteiger partial charge < -0.3 is 10.1 Å². The van der Waals surface area contributed by atoms with Gasteiger partial charge in [0.1, 0.15) is 11.6 Å². The molecule has 8 heteroatoms. The molecule has 1 N–H and O–H groups in total. The Hall–Kier alpha value is -3.13. The largest absolute Gasteiger partial charge is 0.497 e.